The van der Waals surface area contributed by atoms with Gasteiger partial charge in [-0.1, -0.05) is 44.5 Å². The standard InChI is InChI=1S/C17H28ClN3/c1-13(19)16(17(2,3)4)21-11-9-20(10-12-21)15-8-6-5-7-14(15)18/h5-8,13,16H,9-12,19H2,1-4H3. The first-order chi connectivity index (χ1) is 9.80. The molecule has 2 unspecified atom stereocenters. The van der Waals surface area contributed by atoms with Crippen LogP contribution in [0.2, 0.25) is 5.02 Å². The summed E-state index contributed by atoms with van der Waals surface area (Å²) >= 11 is 6.30. The minimum absolute atomic E-state index is 0.178. The molecule has 1 aromatic carbocycles. The van der Waals surface area contributed by atoms with Crippen LogP contribution in [-0.2, 0) is 0 Å². The second-order valence-corrected chi connectivity index (χ2v) is 7.55. The zero-order chi connectivity index (χ0) is 15.6. The number of hydrogen-bond acceptors (Lipinski definition) is 3. The smallest absolute Gasteiger partial charge is 0.0639 e. The predicted molar refractivity (Wildman–Crippen MR) is 92.1 cm³/mol. The summed E-state index contributed by atoms with van der Waals surface area (Å²) in [4.78, 5) is 4.91. The van der Waals surface area contributed by atoms with Crippen molar-refractivity contribution in [3.63, 3.8) is 0 Å². The first kappa shape index (κ1) is 16.6. The van der Waals surface area contributed by atoms with Gasteiger partial charge >= 0.3 is 0 Å². The maximum absolute atomic E-state index is 6.30. The number of nitrogens with zero attached hydrogens (tertiary/aromatic N) is 2. The molecule has 1 heterocycles. The average Bonchev–Trinajstić information content (AvgIpc) is 2.38. The SMILES string of the molecule is CC(N)C(N1CCN(c2ccccc2Cl)CC1)C(C)(C)C. The fraction of sp³-hybridized carbons (Fsp3) is 0.647. The van der Waals surface area contributed by atoms with Gasteiger partial charge < -0.3 is 10.6 Å². The van der Waals surface area contributed by atoms with E-state index in [1.54, 1.807) is 0 Å². The summed E-state index contributed by atoms with van der Waals surface area (Å²) in [5, 5.41) is 0.838. The van der Waals surface area contributed by atoms with Crippen LogP contribution < -0.4 is 10.6 Å². The van der Waals surface area contributed by atoms with Crippen LogP contribution in [0.25, 0.3) is 0 Å². The maximum Gasteiger partial charge on any atom is 0.0639 e. The van der Waals surface area contributed by atoms with Crippen LogP contribution in [0, 0.1) is 5.41 Å². The molecule has 2 N–H and O–H groups in total. The van der Waals surface area contributed by atoms with Crippen LogP contribution in [0.3, 0.4) is 0 Å². The van der Waals surface area contributed by atoms with Crippen LogP contribution >= 0.6 is 11.6 Å². The van der Waals surface area contributed by atoms with Gasteiger partial charge in [0.25, 0.3) is 0 Å². The predicted octanol–water partition coefficient (Wildman–Crippen LogP) is 3.22. The number of para-hydroxylation sites is 1. The molecule has 0 bridgehead atoms. The van der Waals surface area contributed by atoms with Gasteiger partial charge in [-0.05, 0) is 24.5 Å². The Kier molecular flexibility index (Phi) is 5.18. The van der Waals surface area contributed by atoms with Gasteiger partial charge in [-0.2, -0.15) is 0 Å². The molecule has 1 fully saturated rings. The highest BCUT2D eigenvalue weighted by molar-refractivity contribution is 6.33. The van der Waals surface area contributed by atoms with Gasteiger partial charge in [-0.3, -0.25) is 4.90 Å². The van der Waals surface area contributed by atoms with E-state index in [9.17, 15) is 0 Å². The highest BCUT2D eigenvalue weighted by Crippen LogP contribution is 2.30. The van der Waals surface area contributed by atoms with E-state index in [2.05, 4.69) is 43.6 Å². The van der Waals surface area contributed by atoms with Gasteiger partial charge in [-0.25, -0.2) is 0 Å². The number of benzene rings is 1. The Balaban J connectivity index is 2.04. The third-order valence-corrected chi connectivity index (χ3v) is 4.61. The molecule has 0 amide bonds. The average molecular weight is 310 g/mol. The number of piperazine rings is 1. The van der Waals surface area contributed by atoms with Crippen LogP contribution in [-0.4, -0.2) is 43.2 Å². The second-order valence-electron chi connectivity index (χ2n) is 7.14. The second kappa shape index (κ2) is 6.55. The summed E-state index contributed by atoms with van der Waals surface area (Å²) < 4.78 is 0. The van der Waals surface area contributed by atoms with Crippen LogP contribution in [0.5, 0.6) is 0 Å². The molecular formula is C17H28ClN3. The fourth-order valence-corrected chi connectivity index (χ4v) is 3.87. The number of halogens is 1. The number of hydrogen-bond donors (Lipinski definition) is 1. The number of rotatable bonds is 3. The van der Waals surface area contributed by atoms with E-state index >= 15 is 0 Å². The quantitative estimate of drug-likeness (QED) is 0.930. The van der Waals surface area contributed by atoms with E-state index in [0.717, 1.165) is 36.9 Å². The topological polar surface area (TPSA) is 32.5 Å². The maximum atomic E-state index is 6.30. The Morgan fingerprint density at radius 1 is 1.10 bits per heavy atom. The normalized spacial score (nSPS) is 20.4. The summed E-state index contributed by atoms with van der Waals surface area (Å²) in [5.41, 5.74) is 7.59. The molecule has 2 atom stereocenters. The van der Waals surface area contributed by atoms with E-state index in [4.69, 9.17) is 17.3 Å². The highest BCUT2D eigenvalue weighted by atomic mass is 35.5. The largest absolute Gasteiger partial charge is 0.368 e. The molecule has 0 aromatic heterocycles. The van der Waals surface area contributed by atoms with Crippen molar-refractivity contribution in [1.82, 2.24) is 4.90 Å². The summed E-state index contributed by atoms with van der Waals surface area (Å²) in [6.07, 6.45) is 0. The van der Waals surface area contributed by atoms with Gasteiger partial charge in [0.05, 0.1) is 10.7 Å². The van der Waals surface area contributed by atoms with Gasteiger partial charge in [0.1, 0.15) is 0 Å². The van der Waals surface area contributed by atoms with E-state index in [1.165, 1.54) is 0 Å². The van der Waals surface area contributed by atoms with Crippen molar-refractivity contribution >= 4 is 17.3 Å². The number of nitrogens with two attached hydrogens (primary N) is 1. The molecule has 1 aromatic rings. The third kappa shape index (κ3) is 3.91. The van der Waals surface area contributed by atoms with Crippen molar-refractivity contribution < 1.29 is 0 Å². The highest BCUT2D eigenvalue weighted by Gasteiger charge is 2.35. The molecular weight excluding hydrogens is 282 g/mol. The Morgan fingerprint density at radius 2 is 1.67 bits per heavy atom. The van der Waals surface area contributed by atoms with Gasteiger partial charge in [-0.15, -0.1) is 0 Å². The molecule has 0 spiro atoms. The Hall–Kier alpha value is -0.770. The fourth-order valence-electron chi connectivity index (χ4n) is 3.62. The van der Waals surface area contributed by atoms with Gasteiger partial charge in [0, 0.05) is 38.3 Å². The molecule has 0 saturated carbocycles. The summed E-state index contributed by atoms with van der Waals surface area (Å²) in [6.45, 7) is 13.0. The lowest BCUT2D eigenvalue weighted by Gasteiger charge is -2.47. The van der Waals surface area contributed by atoms with E-state index in [0.29, 0.717) is 6.04 Å². The third-order valence-electron chi connectivity index (χ3n) is 4.29. The molecule has 0 aliphatic carbocycles. The summed E-state index contributed by atoms with van der Waals surface area (Å²) in [6, 6.07) is 8.68. The first-order valence-electron chi connectivity index (χ1n) is 7.80. The minimum Gasteiger partial charge on any atom is -0.368 e. The Morgan fingerprint density at radius 3 is 2.14 bits per heavy atom. The monoisotopic (exact) mass is 309 g/mol. The van der Waals surface area contributed by atoms with Gasteiger partial charge in [0.15, 0.2) is 0 Å². The first-order valence-corrected chi connectivity index (χ1v) is 8.17. The van der Waals surface area contributed by atoms with Crippen molar-refractivity contribution in [1.29, 1.82) is 0 Å². The van der Waals surface area contributed by atoms with Crippen molar-refractivity contribution in [3.8, 4) is 0 Å². The molecule has 1 aliphatic rings. The van der Waals surface area contributed by atoms with Crippen molar-refractivity contribution in [3.05, 3.63) is 29.3 Å². The number of anilines is 1. The Bertz CT molecular complexity index is 459. The van der Waals surface area contributed by atoms with Crippen LogP contribution in [0.1, 0.15) is 27.7 Å². The van der Waals surface area contributed by atoms with Crippen molar-refractivity contribution in [2.45, 2.75) is 39.8 Å². The molecule has 4 heteroatoms. The van der Waals surface area contributed by atoms with E-state index in [-0.39, 0.29) is 11.5 Å². The molecule has 118 valence electrons. The van der Waals surface area contributed by atoms with Gasteiger partial charge in [0.2, 0.25) is 0 Å². The van der Waals surface area contributed by atoms with Crippen molar-refractivity contribution in [2.75, 3.05) is 31.1 Å². The van der Waals surface area contributed by atoms with E-state index < -0.39 is 0 Å². The summed E-state index contributed by atoms with van der Waals surface area (Å²) in [5.74, 6) is 0. The molecule has 1 aliphatic heterocycles. The minimum atomic E-state index is 0.178. The van der Waals surface area contributed by atoms with Crippen LogP contribution in [0.15, 0.2) is 24.3 Å². The molecule has 3 nitrogen and oxygen atoms in total. The van der Waals surface area contributed by atoms with E-state index in [1.807, 2.05) is 18.2 Å². The van der Waals surface area contributed by atoms with Crippen molar-refractivity contribution in [2.24, 2.45) is 11.1 Å². The molecule has 0 radical (unpaired) electrons. The zero-order valence-corrected chi connectivity index (χ0v) is 14.4. The molecule has 21 heavy (non-hydrogen) atoms. The lowest BCUT2D eigenvalue weighted by atomic mass is 9.81. The van der Waals surface area contributed by atoms with Crippen LogP contribution in [0.4, 0.5) is 5.69 Å². The lowest BCUT2D eigenvalue weighted by Crippen LogP contribution is -2.59. The zero-order valence-electron chi connectivity index (χ0n) is 13.6. The molecule has 2 rings (SSSR count). The Labute approximate surface area is 134 Å². The summed E-state index contributed by atoms with van der Waals surface area (Å²) in [7, 11) is 0. The molecule has 1 saturated heterocycles. The lowest BCUT2D eigenvalue weighted by molar-refractivity contribution is 0.0766.